The van der Waals surface area contributed by atoms with Crippen LogP contribution >= 0.6 is 0 Å². The van der Waals surface area contributed by atoms with Crippen LogP contribution in [0.3, 0.4) is 0 Å². The number of hydrogen-bond acceptors (Lipinski definition) is 3. The first-order chi connectivity index (χ1) is 4.83. The van der Waals surface area contributed by atoms with Gasteiger partial charge in [0, 0.05) is 20.2 Å². The van der Waals surface area contributed by atoms with Crippen LogP contribution < -0.4 is 0 Å². The van der Waals surface area contributed by atoms with Gasteiger partial charge in [-0.15, -0.1) is 0 Å². The van der Waals surface area contributed by atoms with Crippen molar-refractivity contribution in [1.82, 2.24) is 4.90 Å². The zero-order valence-electron chi connectivity index (χ0n) is 6.67. The summed E-state index contributed by atoms with van der Waals surface area (Å²) >= 11 is 0. The lowest BCUT2D eigenvalue weighted by Crippen LogP contribution is -2.41. The molecule has 1 aliphatic rings. The molecule has 60 valence electrons. The Morgan fingerprint density at radius 1 is 1.70 bits per heavy atom. The first kappa shape index (κ1) is 7.98. The number of methoxy groups -OCH3 is 1. The highest BCUT2D eigenvalue weighted by Crippen LogP contribution is 2.02. The normalized spacial score (nSPS) is 28.8. The molecular weight excluding hydrogens is 130 g/mol. The van der Waals surface area contributed by atoms with E-state index in [1.165, 1.54) is 0 Å². The monoisotopic (exact) mass is 145 g/mol. The molecule has 1 aliphatic heterocycles. The van der Waals surface area contributed by atoms with E-state index in [-0.39, 0.29) is 6.10 Å². The van der Waals surface area contributed by atoms with Crippen LogP contribution in [0.25, 0.3) is 0 Å². The predicted molar refractivity (Wildman–Crippen MR) is 39.1 cm³/mol. The summed E-state index contributed by atoms with van der Waals surface area (Å²) in [5.74, 6) is 0. The van der Waals surface area contributed by atoms with Crippen LogP contribution in [0.4, 0.5) is 0 Å². The number of likely N-dealkylation sites (N-methyl/N-ethyl adjacent to an activating group) is 1. The average molecular weight is 145 g/mol. The van der Waals surface area contributed by atoms with Crippen molar-refractivity contribution < 1.29 is 9.47 Å². The van der Waals surface area contributed by atoms with Crippen molar-refractivity contribution >= 4 is 0 Å². The highest BCUT2D eigenvalue weighted by Gasteiger charge is 2.16. The molecule has 0 unspecified atom stereocenters. The first-order valence-electron chi connectivity index (χ1n) is 3.62. The lowest BCUT2D eigenvalue weighted by molar-refractivity contribution is -0.0542. The third-order valence-corrected chi connectivity index (χ3v) is 1.69. The second-order valence-corrected chi connectivity index (χ2v) is 2.71. The smallest absolute Gasteiger partial charge is 0.0935 e. The molecule has 3 heteroatoms. The van der Waals surface area contributed by atoms with Gasteiger partial charge in [0.1, 0.15) is 0 Å². The zero-order valence-corrected chi connectivity index (χ0v) is 6.67. The number of rotatable bonds is 2. The number of nitrogens with zero attached hydrogens (tertiary/aromatic N) is 1. The molecule has 1 saturated heterocycles. The Hall–Kier alpha value is -0.120. The van der Waals surface area contributed by atoms with E-state index in [1.54, 1.807) is 7.11 Å². The summed E-state index contributed by atoms with van der Waals surface area (Å²) in [7, 11) is 3.81. The molecule has 0 aliphatic carbocycles. The molecule has 0 amide bonds. The van der Waals surface area contributed by atoms with Crippen LogP contribution in [0.15, 0.2) is 0 Å². The SMILES string of the molecule is COC[C@@H]1CN(C)CCO1. The maximum atomic E-state index is 5.42. The summed E-state index contributed by atoms with van der Waals surface area (Å²) < 4.78 is 10.4. The molecule has 0 aromatic rings. The van der Waals surface area contributed by atoms with Gasteiger partial charge < -0.3 is 14.4 Å². The van der Waals surface area contributed by atoms with E-state index in [1.807, 2.05) is 0 Å². The number of ether oxygens (including phenoxy) is 2. The Kier molecular flexibility index (Phi) is 3.12. The van der Waals surface area contributed by atoms with E-state index in [0.717, 1.165) is 19.7 Å². The third kappa shape index (κ3) is 2.25. The quantitative estimate of drug-likeness (QED) is 0.544. The van der Waals surface area contributed by atoms with Crippen molar-refractivity contribution in [2.24, 2.45) is 0 Å². The molecule has 0 aromatic heterocycles. The van der Waals surface area contributed by atoms with E-state index in [4.69, 9.17) is 9.47 Å². The van der Waals surface area contributed by atoms with Crippen molar-refractivity contribution in [1.29, 1.82) is 0 Å². The summed E-state index contributed by atoms with van der Waals surface area (Å²) in [6.45, 7) is 3.59. The molecular formula is C7H15NO2. The maximum Gasteiger partial charge on any atom is 0.0935 e. The van der Waals surface area contributed by atoms with E-state index < -0.39 is 0 Å². The minimum absolute atomic E-state index is 0.281. The van der Waals surface area contributed by atoms with Crippen LogP contribution in [0.1, 0.15) is 0 Å². The predicted octanol–water partition coefficient (Wildman–Crippen LogP) is -0.0366. The maximum absolute atomic E-state index is 5.42. The Bertz CT molecular complexity index is 95.6. The van der Waals surface area contributed by atoms with Crippen LogP contribution in [0, 0.1) is 0 Å². The summed E-state index contributed by atoms with van der Waals surface area (Å²) in [4.78, 5) is 2.26. The lowest BCUT2D eigenvalue weighted by Gasteiger charge is -2.29. The second-order valence-electron chi connectivity index (χ2n) is 2.71. The van der Waals surface area contributed by atoms with Gasteiger partial charge >= 0.3 is 0 Å². The van der Waals surface area contributed by atoms with Crippen LogP contribution in [0.2, 0.25) is 0 Å². The average Bonchev–Trinajstić information content (AvgIpc) is 1.88. The van der Waals surface area contributed by atoms with E-state index in [0.29, 0.717) is 6.61 Å². The van der Waals surface area contributed by atoms with E-state index >= 15 is 0 Å². The molecule has 1 heterocycles. The van der Waals surface area contributed by atoms with Gasteiger partial charge in [-0.2, -0.15) is 0 Å². The fourth-order valence-electron chi connectivity index (χ4n) is 1.15. The van der Waals surface area contributed by atoms with Gasteiger partial charge in [-0.1, -0.05) is 0 Å². The van der Waals surface area contributed by atoms with Gasteiger partial charge in [0.25, 0.3) is 0 Å². The Morgan fingerprint density at radius 2 is 2.50 bits per heavy atom. The Balaban J connectivity index is 2.18. The number of morpholine rings is 1. The highest BCUT2D eigenvalue weighted by molar-refractivity contribution is 4.67. The molecule has 10 heavy (non-hydrogen) atoms. The molecule has 0 radical (unpaired) electrons. The standard InChI is InChI=1S/C7H15NO2/c1-8-3-4-10-7(5-8)6-9-2/h7H,3-6H2,1-2H3/t7-/m0/s1. The van der Waals surface area contributed by atoms with Gasteiger partial charge in [-0.05, 0) is 7.05 Å². The van der Waals surface area contributed by atoms with Crippen LogP contribution in [0.5, 0.6) is 0 Å². The van der Waals surface area contributed by atoms with E-state index in [9.17, 15) is 0 Å². The molecule has 0 bridgehead atoms. The fourth-order valence-corrected chi connectivity index (χ4v) is 1.15. The zero-order chi connectivity index (χ0) is 7.40. The summed E-state index contributed by atoms with van der Waals surface area (Å²) in [5.41, 5.74) is 0. The molecule has 0 saturated carbocycles. The van der Waals surface area contributed by atoms with Crippen molar-refractivity contribution in [2.45, 2.75) is 6.10 Å². The minimum Gasteiger partial charge on any atom is -0.382 e. The van der Waals surface area contributed by atoms with E-state index in [2.05, 4.69) is 11.9 Å². The second kappa shape index (κ2) is 3.91. The Labute approximate surface area is 61.9 Å². The topological polar surface area (TPSA) is 21.7 Å². The van der Waals surface area contributed by atoms with Crippen molar-refractivity contribution in [3.63, 3.8) is 0 Å². The largest absolute Gasteiger partial charge is 0.382 e. The van der Waals surface area contributed by atoms with Crippen molar-refractivity contribution in [3.8, 4) is 0 Å². The van der Waals surface area contributed by atoms with Gasteiger partial charge in [0.2, 0.25) is 0 Å². The van der Waals surface area contributed by atoms with Crippen molar-refractivity contribution in [2.75, 3.05) is 40.5 Å². The molecule has 0 spiro atoms. The van der Waals surface area contributed by atoms with Gasteiger partial charge in [-0.25, -0.2) is 0 Å². The summed E-state index contributed by atoms with van der Waals surface area (Å²) in [6.07, 6.45) is 0.281. The first-order valence-corrected chi connectivity index (χ1v) is 3.62. The lowest BCUT2D eigenvalue weighted by atomic mass is 10.3. The van der Waals surface area contributed by atoms with Gasteiger partial charge in [0.05, 0.1) is 19.3 Å². The van der Waals surface area contributed by atoms with Gasteiger partial charge in [-0.3, -0.25) is 0 Å². The molecule has 0 aromatic carbocycles. The molecule has 1 rings (SSSR count). The third-order valence-electron chi connectivity index (χ3n) is 1.69. The highest BCUT2D eigenvalue weighted by atomic mass is 16.5. The molecule has 0 N–H and O–H groups in total. The molecule has 3 nitrogen and oxygen atoms in total. The molecule has 1 fully saturated rings. The van der Waals surface area contributed by atoms with Crippen LogP contribution in [-0.2, 0) is 9.47 Å². The Morgan fingerprint density at radius 3 is 3.10 bits per heavy atom. The summed E-state index contributed by atoms with van der Waals surface area (Å²) in [6, 6.07) is 0. The van der Waals surface area contributed by atoms with Gasteiger partial charge in [0.15, 0.2) is 0 Å². The fraction of sp³-hybridized carbons (Fsp3) is 1.00. The summed E-state index contributed by atoms with van der Waals surface area (Å²) in [5, 5.41) is 0. The molecule has 1 atom stereocenters. The minimum atomic E-state index is 0.281. The van der Waals surface area contributed by atoms with Crippen LogP contribution in [-0.4, -0.2) is 51.5 Å². The number of hydrogen-bond donors (Lipinski definition) is 0. The van der Waals surface area contributed by atoms with Crippen molar-refractivity contribution in [3.05, 3.63) is 0 Å².